The molecule has 0 fully saturated rings. The molecule has 24 heavy (non-hydrogen) atoms. The van der Waals surface area contributed by atoms with Crippen molar-refractivity contribution < 1.29 is 9.79 Å². The number of nitro groups is 1. The molecule has 9 heteroatoms. The highest BCUT2D eigenvalue weighted by Crippen LogP contribution is 2.39. The van der Waals surface area contributed by atoms with E-state index in [4.69, 9.17) is 5.84 Å². The fraction of sp³-hybridized carbons (Fsp3) is 0.0667. The number of nitrogens with one attached hydrogen (secondary N) is 1. The Morgan fingerprint density at radius 3 is 2.58 bits per heavy atom. The number of hydrogen-bond acceptors (Lipinski definition) is 6. The molecule has 2 aromatic heterocycles. The summed E-state index contributed by atoms with van der Waals surface area (Å²) < 4.78 is 0. The SMILES string of the molecule is Cc1ccc2c([N+](=O)[O-])cc([N+](N)=O)c(Nc3ccccn3)c2n1. The minimum Gasteiger partial charge on any atom is -0.333 e. The number of nitrogens with zero attached hydrogens (tertiary/aromatic N) is 4. The van der Waals surface area contributed by atoms with E-state index in [0.29, 0.717) is 16.9 Å². The molecule has 0 aliphatic heterocycles. The molecule has 0 amide bonds. The number of pyridine rings is 2. The van der Waals surface area contributed by atoms with Crippen LogP contribution in [-0.2, 0) is 0 Å². The van der Waals surface area contributed by atoms with E-state index in [1.807, 2.05) is 0 Å². The van der Waals surface area contributed by atoms with E-state index in [1.54, 1.807) is 43.5 Å². The van der Waals surface area contributed by atoms with Crippen LogP contribution in [0.15, 0.2) is 42.6 Å². The number of hydrazine groups is 1. The monoisotopic (exact) mass is 325 g/mol. The number of anilines is 2. The van der Waals surface area contributed by atoms with Crippen LogP contribution >= 0.6 is 0 Å². The third-order valence-electron chi connectivity index (χ3n) is 3.43. The van der Waals surface area contributed by atoms with Crippen LogP contribution in [0.25, 0.3) is 10.9 Å². The zero-order chi connectivity index (χ0) is 17.3. The largest absolute Gasteiger partial charge is 0.333 e. The normalized spacial score (nSPS) is 10.5. The quantitative estimate of drug-likeness (QED) is 0.327. The standard InChI is InChI=1S/C15H13N6O3/c1-9-5-6-10-11(21(23)24)8-12(20(16)22)15(14(10)18-9)19-13-4-2-3-7-17-13/h2-8H,1H3,(H2,16,22)(H,17,19)/q+1. The second kappa shape index (κ2) is 5.88. The third-order valence-corrected chi connectivity index (χ3v) is 3.43. The maximum absolute atomic E-state index is 11.7. The van der Waals surface area contributed by atoms with Gasteiger partial charge in [0.25, 0.3) is 5.69 Å². The second-order valence-corrected chi connectivity index (χ2v) is 5.06. The Kier molecular flexibility index (Phi) is 3.74. The predicted molar refractivity (Wildman–Crippen MR) is 88.1 cm³/mol. The van der Waals surface area contributed by atoms with E-state index >= 15 is 0 Å². The molecule has 3 aromatic rings. The molecule has 120 valence electrons. The van der Waals surface area contributed by atoms with Gasteiger partial charge in [0, 0.05) is 11.9 Å². The Balaban J connectivity index is 2.34. The Hall–Kier alpha value is -3.62. The highest BCUT2D eigenvalue weighted by atomic mass is 16.6. The van der Waals surface area contributed by atoms with Gasteiger partial charge in [-0.05, 0) is 31.2 Å². The number of non-ortho nitro benzene ring substituents is 1. The first kappa shape index (κ1) is 15.3. The number of nitroso groups, excluding NO2 is 1. The Morgan fingerprint density at radius 2 is 1.96 bits per heavy atom. The van der Waals surface area contributed by atoms with Crippen molar-refractivity contribution in [1.29, 1.82) is 0 Å². The Bertz CT molecular complexity index is 958. The van der Waals surface area contributed by atoms with Crippen molar-refractivity contribution in [3.63, 3.8) is 0 Å². The fourth-order valence-corrected chi connectivity index (χ4v) is 2.37. The zero-order valence-corrected chi connectivity index (χ0v) is 12.6. The van der Waals surface area contributed by atoms with E-state index in [1.165, 1.54) is 0 Å². The van der Waals surface area contributed by atoms with Crippen molar-refractivity contribution in [3.05, 3.63) is 63.3 Å². The van der Waals surface area contributed by atoms with Gasteiger partial charge >= 0.3 is 5.69 Å². The van der Waals surface area contributed by atoms with Crippen LogP contribution in [0.5, 0.6) is 0 Å². The number of nitro benzene ring substituents is 1. The van der Waals surface area contributed by atoms with Gasteiger partial charge in [0.2, 0.25) is 0 Å². The van der Waals surface area contributed by atoms with Crippen molar-refractivity contribution in [2.45, 2.75) is 6.92 Å². The van der Waals surface area contributed by atoms with Crippen molar-refractivity contribution >= 4 is 33.8 Å². The van der Waals surface area contributed by atoms with Gasteiger partial charge in [-0.3, -0.25) is 15.1 Å². The lowest BCUT2D eigenvalue weighted by molar-refractivity contribution is -0.474. The number of hydrogen-bond donors (Lipinski definition) is 2. The van der Waals surface area contributed by atoms with Crippen LogP contribution in [0.2, 0.25) is 0 Å². The molecule has 0 spiro atoms. The molecule has 0 unspecified atom stereocenters. The average molecular weight is 325 g/mol. The fourth-order valence-electron chi connectivity index (χ4n) is 2.37. The van der Waals surface area contributed by atoms with Gasteiger partial charge in [0.15, 0.2) is 4.87 Å². The maximum atomic E-state index is 11.7. The smallest absolute Gasteiger partial charge is 0.324 e. The molecule has 0 aliphatic rings. The molecule has 0 saturated carbocycles. The number of benzene rings is 1. The molecular weight excluding hydrogens is 312 g/mol. The molecule has 1 aromatic carbocycles. The number of aromatic nitrogens is 2. The summed E-state index contributed by atoms with van der Waals surface area (Å²) in [6, 6.07) is 9.58. The van der Waals surface area contributed by atoms with Gasteiger partial charge < -0.3 is 5.32 Å². The molecule has 0 atom stereocenters. The lowest BCUT2D eigenvalue weighted by Crippen LogP contribution is -2.12. The van der Waals surface area contributed by atoms with Crippen molar-refractivity contribution in [2.24, 2.45) is 5.84 Å². The molecule has 2 heterocycles. The lowest BCUT2D eigenvalue weighted by Gasteiger charge is -2.09. The third kappa shape index (κ3) is 2.70. The minimum atomic E-state index is -0.573. The summed E-state index contributed by atoms with van der Waals surface area (Å²) in [6.45, 7) is 1.75. The number of aryl methyl sites for hydroxylation is 1. The van der Waals surface area contributed by atoms with Gasteiger partial charge in [-0.1, -0.05) is 6.07 Å². The first-order valence-electron chi connectivity index (χ1n) is 6.96. The average Bonchev–Trinajstić information content (AvgIpc) is 2.55. The summed E-state index contributed by atoms with van der Waals surface area (Å²) in [5.74, 6) is 5.79. The zero-order valence-electron chi connectivity index (χ0n) is 12.6. The molecule has 0 saturated heterocycles. The van der Waals surface area contributed by atoms with Crippen molar-refractivity contribution in [2.75, 3.05) is 5.32 Å². The highest BCUT2D eigenvalue weighted by molar-refractivity contribution is 6.02. The van der Waals surface area contributed by atoms with Gasteiger partial charge in [0.05, 0.1) is 21.3 Å². The van der Waals surface area contributed by atoms with Gasteiger partial charge in [-0.25, -0.2) is 4.98 Å². The van der Waals surface area contributed by atoms with E-state index in [0.717, 1.165) is 6.07 Å². The van der Waals surface area contributed by atoms with Gasteiger partial charge in [0.1, 0.15) is 17.0 Å². The van der Waals surface area contributed by atoms with Crippen LogP contribution in [-0.4, -0.2) is 19.8 Å². The Labute approximate surface area is 135 Å². The molecule has 3 rings (SSSR count). The molecule has 9 nitrogen and oxygen atoms in total. The van der Waals surface area contributed by atoms with E-state index in [2.05, 4.69) is 15.3 Å². The van der Waals surface area contributed by atoms with Crippen LogP contribution in [0.3, 0.4) is 0 Å². The summed E-state index contributed by atoms with van der Waals surface area (Å²) in [7, 11) is 0. The predicted octanol–water partition coefficient (Wildman–Crippen LogP) is 2.87. The minimum absolute atomic E-state index is 0.0712. The molecular formula is C15H13N6O3+. The molecule has 0 radical (unpaired) electrons. The summed E-state index contributed by atoms with van der Waals surface area (Å²) in [4.78, 5) is 31.0. The Morgan fingerprint density at radius 1 is 1.17 bits per heavy atom. The molecule has 3 N–H and O–H groups in total. The summed E-state index contributed by atoms with van der Waals surface area (Å²) in [6.07, 6.45) is 1.58. The first-order chi connectivity index (χ1) is 11.5. The van der Waals surface area contributed by atoms with Crippen molar-refractivity contribution in [1.82, 2.24) is 9.97 Å². The van der Waals surface area contributed by atoms with E-state index in [9.17, 15) is 15.0 Å². The number of rotatable bonds is 4. The van der Waals surface area contributed by atoms with E-state index < -0.39 is 4.92 Å². The molecule has 0 aliphatic carbocycles. The van der Waals surface area contributed by atoms with Crippen LogP contribution in [0.1, 0.15) is 5.69 Å². The highest BCUT2D eigenvalue weighted by Gasteiger charge is 2.28. The molecule has 0 bridgehead atoms. The summed E-state index contributed by atoms with van der Waals surface area (Å²) in [5.41, 5.74) is 0.836. The first-order valence-corrected chi connectivity index (χ1v) is 6.96. The van der Waals surface area contributed by atoms with Gasteiger partial charge in [-0.2, -0.15) is 5.84 Å². The second-order valence-electron chi connectivity index (χ2n) is 5.06. The van der Waals surface area contributed by atoms with Crippen LogP contribution in [0.4, 0.5) is 22.9 Å². The number of nitrogens with two attached hydrogens (primary N) is 1. The maximum Gasteiger partial charge on any atom is 0.324 e. The van der Waals surface area contributed by atoms with Crippen LogP contribution < -0.4 is 11.2 Å². The summed E-state index contributed by atoms with van der Waals surface area (Å²) in [5, 5.41) is 14.6. The lowest BCUT2D eigenvalue weighted by atomic mass is 10.1. The number of fused-ring (bicyclic) bond motifs is 1. The summed E-state index contributed by atoms with van der Waals surface area (Å²) >= 11 is 0. The van der Waals surface area contributed by atoms with E-state index in [-0.39, 0.29) is 27.4 Å². The van der Waals surface area contributed by atoms with Crippen molar-refractivity contribution in [3.8, 4) is 0 Å². The van der Waals surface area contributed by atoms with Gasteiger partial charge in [-0.15, -0.1) is 0 Å². The topological polar surface area (TPSA) is 127 Å². The van der Waals surface area contributed by atoms with Crippen LogP contribution in [0, 0.1) is 21.9 Å².